The van der Waals surface area contributed by atoms with Crippen molar-refractivity contribution in [1.82, 2.24) is 20.3 Å². The Labute approximate surface area is 155 Å². The van der Waals surface area contributed by atoms with Gasteiger partial charge in [-0.25, -0.2) is 4.68 Å². The van der Waals surface area contributed by atoms with Gasteiger partial charge in [0.2, 0.25) is 0 Å². The smallest absolute Gasteiger partial charge is 0.119 e. The molecule has 1 unspecified atom stereocenters. The number of hydrogen-bond donors (Lipinski definition) is 1. The minimum absolute atomic E-state index is 0.0591. The maximum Gasteiger partial charge on any atom is 0.119 e. The minimum Gasteiger partial charge on any atom is -0.492 e. The molecule has 0 radical (unpaired) electrons. The summed E-state index contributed by atoms with van der Waals surface area (Å²) in [5.74, 6) is 0.873. The molecule has 26 heavy (non-hydrogen) atoms. The van der Waals surface area contributed by atoms with Crippen LogP contribution in [0.25, 0.3) is 11.3 Å². The van der Waals surface area contributed by atoms with Crippen LogP contribution in [0, 0.1) is 6.92 Å². The lowest BCUT2D eigenvalue weighted by Crippen LogP contribution is -2.42. The van der Waals surface area contributed by atoms with Gasteiger partial charge in [-0.05, 0) is 70.8 Å². The fourth-order valence-corrected chi connectivity index (χ4v) is 3.02. The molecular formula is C20H30N4O2. The van der Waals surface area contributed by atoms with E-state index in [9.17, 15) is 0 Å². The van der Waals surface area contributed by atoms with Crippen LogP contribution in [0.1, 0.15) is 38.7 Å². The third-order valence-corrected chi connectivity index (χ3v) is 4.95. The molecule has 2 heterocycles. The zero-order chi connectivity index (χ0) is 18.6. The second kappa shape index (κ2) is 8.18. The van der Waals surface area contributed by atoms with Gasteiger partial charge in [0.05, 0.1) is 18.8 Å². The van der Waals surface area contributed by atoms with Crippen molar-refractivity contribution in [3.63, 3.8) is 0 Å². The summed E-state index contributed by atoms with van der Waals surface area (Å²) in [4.78, 5) is 0. The molecule has 2 aromatic rings. The zero-order valence-electron chi connectivity index (χ0n) is 16.3. The van der Waals surface area contributed by atoms with Gasteiger partial charge in [0, 0.05) is 17.7 Å². The van der Waals surface area contributed by atoms with E-state index in [1.165, 1.54) is 6.42 Å². The average Bonchev–Trinajstić information content (AvgIpc) is 3.09. The van der Waals surface area contributed by atoms with E-state index in [2.05, 4.69) is 48.5 Å². The molecule has 0 aliphatic carbocycles. The van der Waals surface area contributed by atoms with E-state index in [1.807, 2.05) is 24.0 Å². The Hall–Kier alpha value is -1.92. The predicted octanol–water partition coefficient (Wildman–Crippen LogP) is 3.20. The number of likely N-dealkylation sites (N-methyl/N-ethyl adjacent to an activating group) is 1. The second-order valence-corrected chi connectivity index (χ2v) is 7.71. The lowest BCUT2D eigenvalue weighted by Gasteiger charge is -2.24. The first kappa shape index (κ1) is 18.9. The maximum atomic E-state index is 5.92. The van der Waals surface area contributed by atoms with E-state index in [4.69, 9.17) is 9.47 Å². The third kappa shape index (κ3) is 4.83. The maximum absolute atomic E-state index is 5.92. The fraction of sp³-hybridized carbons (Fsp3) is 0.600. The SMILES string of the molecule is CNC(C)(C)COc1ccc(-c2cn(CC3CCCCO3)nn2)c(C)c1. The molecule has 1 N–H and O–H groups in total. The van der Waals surface area contributed by atoms with E-state index in [1.54, 1.807) is 0 Å². The number of nitrogens with one attached hydrogen (secondary N) is 1. The first-order valence-electron chi connectivity index (χ1n) is 9.41. The number of aryl methyl sites for hydroxylation is 1. The molecule has 3 rings (SSSR count). The number of hydrogen-bond acceptors (Lipinski definition) is 5. The van der Waals surface area contributed by atoms with Crippen molar-refractivity contribution in [1.29, 1.82) is 0 Å². The molecule has 1 aliphatic rings. The minimum atomic E-state index is -0.0591. The molecule has 0 saturated carbocycles. The van der Waals surface area contributed by atoms with Crippen LogP contribution in [0.3, 0.4) is 0 Å². The first-order chi connectivity index (χ1) is 12.5. The summed E-state index contributed by atoms with van der Waals surface area (Å²) in [7, 11) is 1.94. The Bertz CT molecular complexity index is 720. The highest BCUT2D eigenvalue weighted by atomic mass is 16.5. The first-order valence-corrected chi connectivity index (χ1v) is 9.41. The summed E-state index contributed by atoms with van der Waals surface area (Å²) in [6.07, 6.45) is 5.76. The lowest BCUT2D eigenvalue weighted by molar-refractivity contribution is 0.00370. The number of aromatic nitrogens is 3. The summed E-state index contributed by atoms with van der Waals surface area (Å²) in [6, 6.07) is 6.12. The van der Waals surface area contributed by atoms with Crippen LogP contribution in [0.15, 0.2) is 24.4 Å². The third-order valence-electron chi connectivity index (χ3n) is 4.95. The van der Waals surface area contributed by atoms with Crippen molar-refractivity contribution < 1.29 is 9.47 Å². The highest BCUT2D eigenvalue weighted by Crippen LogP contribution is 2.26. The second-order valence-electron chi connectivity index (χ2n) is 7.71. The summed E-state index contributed by atoms with van der Waals surface area (Å²) in [5.41, 5.74) is 3.04. The van der Waals surface area contributed by atoms with Gasteiger partial charge in [-0.15, -0.1) is 5.10 Å². The summed E-state index contributed by atoms with van der Waals surface area (Å²) >= 11 is 0. The molecule has 1 aromatic carbocycles. The molecule has 0 bridgehead atoms. The fourth-order valence-electron chi connectivity index (χ4n) is 3.02. The quantitative estimate of drug-likeness (QED) is 0.823. The van der Waals surface area contributed by atoms with E-state index in [0.717, 1.165) is 48.6 Å². The van der Waals surface area contributed by atoms with E-state index in [-0.39, 0.29) is 11.6 Å². The van der Waals surface area contributed by atoms with Gasteiger partial charge < -0.3 is 14.8 Å². The van der Waals surface area contributed by atoms with Crippen molar-refractivity contribution in [2.45, 2.75) is 58.2 Å². The Balaban J connectivity index is 1.65. The van der Waals surface area contributed by atoms with Gasteiger partial charge in [0.1, 0.15) is 18.1 Å². The Morgan fingerprint density at radius 1 is 1.35 bits per heavy atom. The summed E-state index contributed by atoms with van der Waals surface area (Å²) in [6.45, 7) is 8.54. The number of nitrogens with zero attached hydrogens (tertiary/aromatic N) is 3. The molecule has 142 valence electrons. The molecule has 1 saturated heterocycles. The number of benzene rings is 1. The summed E-state index contributed by atoms with van der Waals surface area (Å²) in [5, 5.41) is 11.9. The standard InChI is InChI=1S/C20H30N4O2/c1-15-11-16(26-14-20(2,3)21-4)8-9-18(15)19-13-24(23-22-19)12-17-7-5-6-10-25-17/h8-9,11,13,17,21H,5-7,10,12,14H2,1-4H3. The van der Waals surface area contributed by atoms with E-state index < -0.39 is 0 Å². The molecule has 6 heteroatoms. The molecule has 0 spiro atoms. The van der Waals surface area contributed by atoms with Crippen LogP contribution in [0.5, 0.6) is 5.75 Å². The van der Waals surface area contributed by atoms with Crippen molar-refractivity contribution >= 4 is 0 Å². The molecule has 1 atom stereocenters. The van der Waals surface area contributed by atoms with Crippen molar-refractivity contribution in [3.05, 3.63) is 30.0 Å². The van der Waals surface area contributed by atoms with Crippen LogP contribution in [-0.4, -0.2) is 46.9 Å². The highest BCUT2D eigenvalue weighted by molar-refractivity contribution is 5.63. The van der Waals surface area contributed by atoms with Gasteiger partial charge in [-0.3, -0.25) is 0 Å². The van der Waals surface area contributed by atoms with Crippen LogP contribution in [0.4, 0.5) is 0 Å². The lowest BCUT2D eigenvalue weighted by atomic mass is 10.1. The predicted molar refractivity (Wildman–Crippen MR) is 102 cm³/mol. The molecular weight excluding hydrogens is 328 g/mol. The van der Waals surface area contributed by atoms with Gasteiger partial charge in [-0.2, -0.15) is 0 Å². The van der Waals surface area contributed by atoms with Crippen molar-refractivity contribution in [2.75, 3.05) is 20.3 Å². The average molecular weight is 358 g/mol. The Morgan fingerprint density at radius 2 is 2.19 bits per heavy atom. The molecule has 1 aromatic heterocycles. The van der Waals surface area contributed by atoms with Crippen molar-refractivity contribution in [2.24, 2.45) is 0 Å². The van der Waals surface area contributed by atoms with Gasteiger partial charge in [0.15, 0.2) is 0 Å². The van der Waals surface area contributed by atoms with Gasteiger partial charge in [-0.1, -0.05) is 5.21 Å². The molecule has 6 nitrogen and oxygen atoms in total. The molecule has 1 aliphatic heterocycles. The molecule has 0 amide bonds. The van der Waals surface area contributed by atoms with Crippen LogP contribution in [-0.2, 0) is 11.3 Å². The van der Waals surface area contributed by atoms with Crippen LogP contribution in [0.2, 0.25) is 0 Å². The zero-order valence-corrected chi connectivity index (χ0v) is 16.3. The van der Waals surface area contributed by atoms with Crippen LogP contribution < -0.4 is 10.1 Å². The normalized spacial score (nSPS) is 18.1. The number of rotatable bonds is 7. The Kier molecular flexibility index (Phi) is 5.94. The van der Waals surface area contributed by atoms with Gasteiger partial charge in [0.25, 0.3) is 0 Å². The summed E-state index contributed by atoms with van der Waals surface area (Å²) < 4.78 is 13.6. The topological polar surface area (TPSA) is 61.2 Å². The van der Waals surface area contributed by atoms with Crippen molar-refractivity contribution in [3.8, 4) is 17.0 Å². The van der Waals surface area contributed by atoms with Crippen LogP contribution >= 0.6 is 0 Å². The van der Waals surface area contributed by atoms with E-state index >= 15 is 0 Å². The molecule has 1 fully saturated rings. The highest BCUT2D eigenvalue weighted by Gasteiger charge is 2.17. The van der Waals surface area contributed by atoms with Gasteiger partial charge >= 0.3 is 0 Å². The number of ether oxygens (including phenoxy) is 2. The monoisotopic (exact) mass is 358 g/mol. The largest absolute Gasteiger partial charge is 0.492 e. The Morgan fingerprint density at radius 3 is 2.88 bits per heavy atom. The van der Waals surface area contributed by atoms with E-state index in [0.29, 0.717) is 6.61 Å².